The Labute approximate surface area is 197 Å². The number of benzene rings is 2. The lowest BCUT2D eigenvalue weighted by atomic mass is 10.1. The summed E-state index contributed by atoms with van der Waals surface area (Å²) in [5, 5.41) is 18.5. The fourth-order valence-electron chi connectivity index (χ4n) is 4.81. The van der Waals surface area contributed by atoms with Crippen molar-refractivity contribution < 1.29 is 9.90 Å². The van der Waals surface area contributed by atoms with Gasteiger partial charge < -0.3 is 10.4 Å². The van der Waals surface area contributed by atoms with Crippen LogP contribution in [-0.2, 0) is 4.79 Å². The van der Waals surface area contributed by atoms with Gasteiger partial charge in [0.15, 0.2) is 15.6 Å². The van der Waals surface area contributed by atoms with Crippen molar-refractivity contribution in [2.24, 2.45) is 0 Å². The number of carbonyl (C=O) groups is 1. The van der Waals surface area contributed by atoms with Crippen LogP contribution < -0.4 is 9.80 Å². The van der Waals surface area contributed by atoms with E-state index in [9.17, 15) is 9.90 Å². The maximum atomic E-state index is 11.4. The number of carboxylic acids is 1. The van der Waals surface area contributed by atoms with Gasteiger partial charge in [-0.2, -0.15) is 0 Å². The zero-order chi connectivity index (χ0) is 22.9. The zero-order valence-electron chi connectivity index (χ0n) is 18.2. The number of rotatable bonds is 9. The number of aliphatic carboxylic acids is 1. The van der Waals surface area contributed by atoms with Gasteiger partial charge in [0.2, 0.25) is 0 Å². The number of para-hydroxylation sites is 1. The van der Waals surface area contributed by atoms with Crippen molar-refractivity contribution in [2.45, 2.75) is 32.7 Å². The van der Waals surface area contributed by atoms with Crippen LogP contribution in [-0.4, -0.2) is 51.5 Å². The molecular weight excluding hydrogens is 442 g/mol. The minimum absolute atomic E-state index is 0.155. The lowest BCUT2D eigenvalue weighted by molar-refractivity contribution is -0.137. The van der Waals surface area contributed by atoms with Crippen LogP contribution in [0.3, 0.4) is 0 Å². The average molecular weight is 471 g/mol. The van der Waals surface area contributed by atoms with E-state index >= 15 is 0 Å². The van der Waals surface area contributed by atoms with Crippen molar-refractivity contribution in [3.05, 3.63) is 63.1 Å². The monoisotopic (exact) mass is 470 g/mol. The van der Waals surface area contributed by atoms with Gasteiger partial charge in [0.1, 0.15) is 18.7 Å². The Morgan fingerprint density at radius 3 is 2.34 bits per heavy atom. The number of aromatic amines is 2. The highest BCUT2D eigenvalue weighted by Crippen LogP contribution is 2.44. The maximum Gasteiger partial charge on any atom is 0.309 e. The van der Waals surface area contributed by atoms with Gasteiger partial charge in [0.25, 0.3) is 0 Å². The molecule has 2 heterocycles. The molecule has 1 saturated heterocycles. The molecule has 0 aliphatic carbocycles. The van der Waals surface area contributed by atoms with Crippen LogP contribution in [0, 0.1) is 23.4 Å². The fraction of sp³-hybridized carbons (Fsp3) is 0.348. The lowest BCUT2D eigenvalue weighted by Gasteiger charge is -2.24. The number of nitrogens with one attached hydrogen (secondary N) is 3. The van der Waals surface area contributed by atoms with Crippen LogP contribution in [0.1, 0.15) is 24.0 Å². The quantitative estimate of drug-likeness (QED) is 0.155. The first-order chi connectivity index (χ1) is 15.3. The van der Waals surface area contributed by atoms with Gasteiger partial charge in [-0.1, -0.05) is 18.2 Å². The molecule has 2 aromatic carbocycles. The number of hydrogen-bond donors (Lipinski definition) is 4. The molecule has 2 unspecified atom stereocenters. The lowest BCUT2D eigenvalue weighted by Crippen LogP contribution is -2.34. The molecule has 1 fully saturated rings. The summed E-state index contributed by atoms with van der Waals surface area (Å²) in [7, 11) is 0. The van der Waals surface area contributed by atoms with E-state index in [1.165, 1.54) is 16.8 Å². The molecule has 1 aliphatic heterocycles. The molecule has 0 amide bonds. The summed E-state index contributed by atoms with van der Waals surface area (Å²) in [6.45, 7) is 6.88. The number of carboxylic acid groups (broad SMARTS) is 1. The molecule has 0 radical (unpaired) electrons. The second-order valence-electron chi connectivity index (χ2n) is 8.46. The number of aryl methyl sites for hydroxylation is 2. The minimum atomic E-state index is -0.721. The molecule has 32 heavy (non-hydrogen) atoms. The Kier molecular flexibility index (Phi) is 6.32. The van der Waals surface area contributed by atoms with Gasteiger partial charge in [-0.3, -0.25) is 24.0 Å². The van der Waals surface area contributed by atoms with Crippen LogP contribution in [0.25, 0.3) is 5.69 Å². The van der Waals surface area contributed by atoms with Crippen LogP contribution >= 0.6 is 24.4 Å². The zero-order valence-corrected chi connectivity index (χ0v) is 19.9. The van der Waals surface area contributed by atoms with Gasteiger partial charge in [-0.05, 0) is 62.5 Å². The molecule has 0 spiro atoms. The topological polar surface area (TPSA) is 85.8 Å². The molecule has 0 saturated carbocycles. The molecule has 7 nitrogen and oxygen atoms in total. The summed E-state index contributed by atoms with van der Waals surface area (Å²) < 4.78 is 3.61. The number of nitrogens with zero attached hydrogens (tertiary/aromatic N) is 2. The second-order valence-corrected chi connectivity index (χ2v) is 9.23. The maximum absolute atomic E-state index is 11.4. The van der Waals surface area contributed by atoms with E-state index in [0.717, 1.165) is 41.9 Å². The Balaban J connectivity index is 1.41. The van der Waals surface area contributed by atoms with Crippen molar-refractivity contribution in [1.82, 2.24) is 19.2 Å². The average Bonchev–Trinajstić information content (AvgIpc) is 3.30. The Morgan fingerprint density at radius 1 is 1.12 bits per heavy atom. The van der Waals surface area contributed by atoms with E-state index in [1.54, 1.807) is 4.57 Å². The first kappa shape index (κ1) is 22.4. The molecule has 0 bridgehead atoms. The minimum Gasteiger partial charge on any atom is -0.481 e. The Hall–Kier alpha value is -2.75. The van der Waals surface area contributed by atoms with Crippen LogP contribution in [0.5, 0.6) is 0 Å². The Morgan fingerprint density at radius 2 is 1.75 bits per heavy atom. The van der Waals surface area contributed by atoms with Crippen molar-refractivity contribution >= 4 is 41.8 Å². The van der Waals surface area contributed by atoms with Crippen LogP contribution in [0.2, 0.25) is 0 Å². The highest BCUT2D eigenvalue weighted by atomic mass is 32.1. The second kappa shape index (κ2) is 9.01. The summed E-state index contributed by atoms with van der Waals surface area (Å²) in [6, 6.07) is 14.5. The summed E-state index contributed by atoms with van der Waals surface area (Å²) in [4.78, 5) is 11.4. The van der Waals surface area contributed by atoms with E-state index in [4.69, 9.17) is 24.4 Å². The van der Waals surface area contributed by atoms with E-state index < -0.39 is 5.97 Å². The van der Waals surface area contributed by atoms with Crippen molar-refractivity contribution in [2.75, 3.05) is 25.0 Å². The normalized spacial score (nSPS) is 19.6. The van der Waals surface area contributed by atoms with Crippen molar-refractivity contribution in [1.29, 1.82) is 0 Å². The molecule has 1 aliphatic rings. The fourth-order valence-corrected chi connectivity index (χ4v) is 5.36. The SMILES string of the molecule is Cc1cccc(C)c1[N+]1(CCCNc2ccc(-n3c(=S)[nH][nH]c3=S)cc2)CC1CC(=O)O. The third kappa shape index (κ3) is 4.41. The number of hydrogen-bond acceptors (Lipinski definition) is 4. The number of anilines is 1. The molecule has 2 atom stereocenters. The van der Waals surface area contributed by atoms with Crippen molar-refractivity contribution in [3.8, 4) is 5.69 Å². The van der Waals surface area contributed by atoms with Gasteiger partial charge in [-0.25, -0.2) is 0 Å². The van der Waals surface area contributed by atoms with Crippen LogP contribution in [0.4, 0.5) is 11.4 Å². The molecule has 4 rings (SSSR count). The standard InChI is InChI=1S/C23H27N5O2S2/c1-15-5-3-6-16(2)21(15)28(14-19(28)13-20(29)30)12-4-11-24-17-7-9-18(10-8-17)27-22(31)25-26-23(27)32/h3,5-10,19,24H,4,11-14H2,1-2H3,(H2-,25,26,29,30,31,32)/p+1. The number of quaternary nitrogens is 1. The van der Waals surface area contributed by atoms with Gasteiger partial charge in [0.05, 0.1) is 12.2 Å². The molecule has 9 heteroatoms. The Bertz CT molecular complexity index is 1200. The highest BCUT2D eigenvalue weighted by molar-refractivity contribution is 7.72. The predicted molar refractivity (Wildman–Crippen MR) is 133 cm³/mol. The van der Waals surface area contributed by atoms with Gasteiger partial charge in [-0.15, -0.1) is 0 Å². The van der Waals surface area contributed by atoms with E-state index in [2.05, 4.69) is 47.6 Å². The number of H-pyrrole nitrogens is 2. The van der Waals surface area contributed by atoms with E-state index in [-0.39, 0.29) is 12.5 Å². The third-order valence-corrected chi connectivity index (χ3v) is 6.84. The predicted octanol–water partition coefficient (Wildman–Crippen LogP) is 4.88. The first-order valence-electron chi connectivity index (χ1n) is 10.7. The summed E-state index contributed by atoms with van der Waals surface area (Å²) in [5.74, 6) is -0.721. The highest BCUT2D eigenvalue weighted by Gasteiger charge is 2.58. The molecular formula is C23H28N5O2S2+. The largest absolute Gasteiger partial charge is 0.481 e. The first-order valence-corrected chi connectivity index (χ1v) is 11.5. The summed E-state index contributed by atoms with van der Waals surface area (Å²) >= 11 is 10.5. The molecule has 4 N–H and O–H groups in total. The van der Waals surface area contributed by atoms with Gasteiger partial charge >= 0.3 is 5.97 Å². The summed E-state index contributed by atoms with van der Waals surface area (Å²) in [6.07, 6.45) is 1.16. The molecule has 1 aromatic heterocycles. The molecule has 3 aromatic rings. The summed E-state index contributed by atoms with van der Waals surface area (Å²) in [5.41, 5.74) is 5.70. The van der Waals surface area contributed by atoms with E-state index in [0.29, 0.717) is 9.54 Å². The van der Waals surface area contributed by atoms with Gasteiger partial charge in [0, 0.05) is 29.8 Å². The molecule has 168 valence electrons. The van der Waals surface area contributed by atoms with Crippen LogP contribution in [0.15, 0.2) is 42.5 Å². The number of aromatic nitrogens is 3. The smallest absolute Gasteiger partial charge is 0.309 e. The van der Waals surface area contributed by atoms with E-state index in [1.807, 2.05) is 24.3 Å². The van der Waals surface area contributed by atoms with Crippen molar-refractivity contribution in [3.63, 3.8) is 0 Å². The third-order valence-electron chi connectivity index (χ3n) is 6.27.